The van der Waals surface area contributed by atoms with E-state index in [0.717, 1.165) is 19.4 Å². The summed E-state index contributed by atoms with van der Waals surface area (Å²) in [5.41, 5.74) is 0. The molecular weight excluding hydrogens is 104 g/mol. The molecule has 0 aromatic heterocycles. The van der Waals surface area contributed by atoms with Gasteiger partial charge in [0.05, 0.1) is 6.61 Å². The quantitative estimate of drug-likeness (QED) is 0.452. The number of ketones is 1. The van der Waals surface area contributed by atoms with E-state index in [4.69, 9.17) is 4.74 Å². The second-order valence-corrected chi connectivity index (χ2v) is 2.59. The van der Waals surface area contributed by atoms with Gasteiger partial charge in [0.2, 0.25) is 0 Å². The fourth-order valence-corrected chi connectivity index (χ4v) is 1.47. The van der Waals surface area contributed by atoms with Gasteiger partial charge in [0, 0.05) is 6.42 Å². The molecule has 0 unspecified atom stereocenters. The van der Waals surface area contributed by atoms with Crippen molar-refractivity contribution in [2.24, 2.45) is 5.92 Å². The van der Waals surface area contributed by atoms with Crippen LogP contribution in [0.5, 0.6) is 0 Å². The van der Waals surface area contributed by atoms with Gasteiger partial charge in [-0.2, -0.15) is 0 Å². The Labute approximate surface area is 47.8 Å². The number of hydrogen-bond donors (Lipinski definition) is 0. The maximum Gasteiger partial charge on any atom is 0.161 e. The van der Waals surface area contributed by atoms with Crippen molar-refractivity contribution < 1.29 is 9.53 Å². The molecule has 2 heteroatoms. The third kappa shape index (κ3) is 0.436. The molecular formula is C6H8O2. The van der Waals surface area contributed by atoms with Crippen molar-refractivity contribution in [2.45, 2.75) is 18.9 Å². The minimum Gasteiger partial charge on any atom is -0.370 e. The number of ether oxygens (including phenoxy) is 1. The predicted molar refractivity (Wildman–Crippen MR) is 27.5 cm³/mol. The van der Waals surface area contributed by atoms with Crippen LogP contribution in [0.3, 0.4) is 0 Å². The van der Waals surface area contributed by atoms with Crippen LogP contribution in [0.4, 0.5) is 0 Å². The molecule has 8 heavy (non-hydrogen) atoms. The second-order valence-electron chi connectivity index (χ2n) is 2.59. The summed E-state index contributed by atoms with van der Waals surface area (Å²) in [4.78, 5) is 10.7. The molecule has 0 N–H and O–H groups in total. The first-order valence-electron chi connectivity index (χ1n) is 3.00. The maximum atomic E-state index is 10.7. The Bertz CT molecular complexity index is 130. The van der Waals surface area contributed by atoms with Crippen molar-refractivity contribution in [3.8, 4) is 0 Å². The van der Waals surface area contributed by atoms with Gasteiger partial charge in [-0.3, -0.25) is 4.79 Å². The lowest BCUT2D eigenvalue weighted by atomic mass is 10.1. The highest BCUT2D eigenvalue weighted by molar-refractivity contribution is 5.86. The molecule has 0 aromatic carbocycles. The molecule has 0 amide bonds. The van der Waals surface area contributed by atoms with Gasteiger partial charge in [-0.25, -0.2) is 0 Å². The maximum absolute atomic E-state index is 10.7. The van der Waals surface area contributed by atoms with E-state index in [-0.39, 0.29) is 6.10 Å². The van der Waals surface area contributed by atoms with Gasteiger partial charge < -0.3 is 4.74 Å². The monoisotopic (exact) mass is 112 g/mol. The van der Waals surface area contributed by atoms with Crippen molar-refractivity contribution in [1.29, 1.82) is 0 Å². The number of rotatable bonds is 0. The first-order chi connectivity index (χ1) is 3.86. The van der Waals surface area contributed by atoms with Gasteiger partial charge >= 0.3 is 0 Å². The van der Waals surface area contributed by atoms with E-state index in [0.29, 0.717) is 11.7 Å². The van der Waals surface area contributed by atoms with Crippen molar-refractivity contribution in [3.05, 3.63) is 0 Å². The largest absolute Gasteiger partial charge is 0.370 e. The van der Waals surface area contributed by atoms with Crippen LogP contribution in [0, 0.1) is 5.92 Å². The molecule has 44 valence electrons. The van der Waals surface area contributed by atoms with E-state index in [9.17, 15) is 4.79 Å². The molecule has 1 saturated heterocycles. The Morgan fingerprint density at radius 3 is 2.75 bits per heavy atom. The van der Waals surface area contributed by atoms with E-state index in [1.165, 1.54) is 0 Å². The summed E-state index contributed by atoms with van der Waals surface area (Å²) in [5.74, 6) is 0.897. The van der Waals surface area contributed by atoms with Gasteiger partial charge in [0.1, 0.15) is 6.10 Å². The molecule has 0 spiro atoms. The minimum absolute atomic E-state index is 0.000000000000000222. The first kappa shape index (κ1) is 4.50. The highest BCUT2D eigenvalue weighted by Crippen LogP contribution is 2.31. The third-order valence-corrected chi connectivity index (χ3v) is 1.93. The number of Topliss-reactive ketones (excluding diaryl/α,β-unsaturated/α-hetero) is 1. The molecule has 1 aliphatic heterocycles. The van der Waals surface area contributed by atoms with E-state index >= 15 is 0 Å². The highest BCUT2D eigenvalue weighted by Gasteiger charge is 2.39. The van der Waals surface area contributed by atoms with Gasteiger partial charge in [0.25, 0.3) is 0 Å². The lowest BCUT2D eigenvalue weighted by Crippen LogP contribution is -2.18. The fourth-order valence-electron chi connectivity index (χ4n) is 1.47. The first-order valence-corrected chi connectivity index (χ1v) is 3.00. The van der Waals surface area contributed by atoms with Crippen LogP contribution in [0.25, 0.3) is 0 Å². The van der Waals surface area contributed by atoms with Gasteiger partial charge in [0.15, 0.2) is 5.78 Å². The van der Waals surface area contributed by atoms with Crippen LogP contribution >= 0.6 is 0 Å². The Morgan fingerprint density at radius 1 is 1.62 bits per heavy atom. The summed E-state index contributed by atoms with van der Waals surface area (Å²) in [6.45, 7) is 0.830. The molecule has 1 aliphatic carbocycles. The second kappa shape index (κ2) is 1.32. The number of carbonyl (C=O) groups excluding carboxylic acids is 1. The zero-order chi connectivity index (χ0) is 5.56. The van der Waals surface area contributed by atoms with Gasteiger partial charge in [-0.15, -0.1) is 0 Å². The van der Waals surface area contributed by atoms with E-state index < -0.39 is 0 Å². The van der Waals surface area contributed by atoms with Crippen molar-refractivity contribution >= 4 is 5.78 Å². The average molecular weight is 112 g/mol. The number of fused-ring (bicyclic) bond motifs is 2. The van der Waals surface area contributed by atoms with Crippen LogP contribution in [0.15, 0.2) is 0 Å². The molecule has 2 fully saturated rings. The third-order valence-electron chi connectivity index (χ3n) is 1.93. The highest BCUT2D eigenvalue weighted by atomic mass is 16.5. The number of carbonyl (C=O) groups is 1. The molecule has 1 saturated carbocycles. The summed E-state index contributed by atoms with van der Waals surface area (Å²) in [6.07, 6.45) is 1.78. The molecule has 2 nitrogen and oxygen atoms in total. The molecule has 2 bridgehead atoms. The summed E-state index contributed by atoms with van der Waals surface area (Å²) < 4.78 is 5.11. The Kier molecular flexibility index (Phi) is 0.742. The van der Waals surface area contributed by atoms with E-state index in [2.05, 4.69) is 0 Å². The Balaban J connectivity index is 2.22. The molecule has 0 aromatic rings. The van der Waals surface area contributed by atoms with Crippen molar-refractivity contribution in [3.63, 3.8) is 0 Å². The normalized spacial score (nSPS) is 43.8. The summed E-state index contributed by atoms with van der Waals surface area (Å²) in [7, 11) is 0. The SMILES string of the molecule is O=C1C[C@H]2CO[C@@H]1C2. The Morgan fingerprint density at radius 2 is 2.50 bits per heavy atom. The van der Waals surface area contributed by atoms with Crippen molar-refractivity contribution in [2.75, 3.05) is 6.61 Å². The van der Waals surface area contributed by atoms with Crippen molar-refractivity contribution in [1.82, 2.24) is 0 Å². The smallest absolute Gasteiger partial charge is 0.161 e. The summed E-state index contributed by atoms with van der Waals surface area (Å²) >= 11 is 0. The lowest BCUT2D eigenvalue weighted by Gasteiger charge is -2.06. The molecule has 2 rings (SSSR count). The average Bonchev–Trinajstić information content (AvgIpc) is 2.23. The predicted octanol–water partition coefficient (Wildman–Crippen LogP) is 0.364. The number of hydrogen-bond acceptors (Lipinski definition) is 2. The zero-order valence-corrected chi connectivity index (χ0v) is 4.59. The summed E-state index contributed by atoms with van der Waals surface area (Å²) in [6, 6.07) is 0. The minimum atomic E-state index is -0.000000000000000222. The summed E-state index contributed by atoms with van der Waals surface area (Å²) in [5, 5.41) is 0. The lowest BCUT2D eigenvalue weighted by molar-refractivity contribution is -0.129. The fraction of sp³-hybridized carbons (Fsp3) is 0.833. The van der Waals surface area contributed by atoms with E-state index in [1.54, 1.807) is 0 Å². The molecule has 0 radical (unpaired) electrons. The van der Waals surface area contributed by atoms with Gasteiger partial charge in [-0.05, 0) is 12.3 Å². The van der Waals surface area contributed by atoms with Crippen LogP contribution < -0.4 is 0 Å². The standard InChI is InChI=1S/C6H8O2/c7-5-1-4-2-6(5)8-3-4/h4,6H,1-3H2/t4-,6-/m1/s1. The van der Waals surface area contributed by atoms with Crippen LogP contribution in [0.1, 0.15) is 12.8 Å². The van der Waals surface area contributed by atoms with Crippen LogP contribution in [-0.2, 0) is 9.53 Å². The molecule has 1 heterocycles. The molecule has 2 atom stereocenters. The molecule has 2 aliphatic rings. The zero-order valence-electron chi connectivity index (χ0n) is 4.59. The van der Waals surface area contributed by atoms with Crippen LogP contribution in [0.2, 0.25) is 0 Å². The topological polar surface area (TPSA) is 26.3 Å². The van der Waals surface area contributed by atoms with Gasteiger partial charge in [-0.1, -0.05) is 0 Å². The van der Waals surface area contributed by atoms with E-state index in [1.807, 2.05) is 0 Å². The van der Waals surface area contributed by atoms with Crippen LogP contribution in [-0.4, -0.2) is 18.5 Å². The Hall–Kier alpha value is -0.370.